The minimum atomic E-state index is -4.43. The van der Waals surface area contributed by atoms with Gasteiger partial charge in [0.05, 0.1) is 30.8 Å². The number of likely N-dealkylation sites (tertiary alicyclic amines) is 1. The fourth-order valence-corrected chi connectivity index (χ4v) is 8.04. The largest absolute Gasteiger partial charge is 0.497 e. The molecule has 0 aliphatic carbocycles. The van der Waals surface area contributed by atoms with Crippen LogP contribution in [0.2, 0.25) is 5.02 Å². The molecule has 2 amide bonds. The number of nitrogens with zero attached hydrogens (tertiary/aromatic N) is 4. The van der Waals surface area contributed by atoms with Crippen molar-refractivity contribution in [2.24, 2.45) is 0 Å². The zero-order valence-electron chi connectivity index (χ0n) is 26.4. The Morgan fingerprint density at radius 2 is 1.71 bits per heavy atom. The fourth-order valence-electron chi connectivity index (χ4n) is 6.41. The van der Waals surface area contributed by atoms with E-state index in [4.69, 9.17) is 21.1 Å². The van der Waals surface area contributed by atoms with Crippen molar-refractivity contribution < 1.29 is 27.5 Å². The van der Waals surface area contributed by atoms with Crippen LogP contribution < -0.4 is 13.8 Å². The Morgan fingerprint density at radius 3 is 2.33 bits per heavy atom. The molecule has 2 atom stereocenters. The van der Waals surface area contributed by atoms with E-state index in [0.29, 0.717) is 53.6 Å². The van der Waals surface area contributed by atoms with Crippen molar-refractivity contribution in [1.82, 2.24) is 14.7 Å². The summed E-state index contributed by atoms with van der Waals surface area (Å²) in [5, 5.41) is 0.324. The molecule has 0 aromatic heterocycles. The Balaban J connectivity index is 1.82. The first-order valence-corrected chi connectivity index (χ1v) is 16.6. The third-order valence-electron chi connectivity index (χ3n) is 8.72. The van der Waals surface area contributed by atoms with Gasteiger partial charge in [0.15, 0.2) is 5.54 Å². The summed E-state index contributed by atoms with van der Waals surface area (Å²) in [4.78, 5) is 34.3. The van der Waals surface area contributed by atoms with Gasteiger partial charge in [-0.1, -0.05) is 30.7 Å². The molecule has 240 valence electrons. The van der Waals surface area contributed by atoms with Crippen LogP contribution in [0.25, 0.3) is 0 Å². The molecule has 2 aliphatic heterocycles. The molecule has 1 fully saturated rings. The summed E-state index contributed by atoms with van der Waals surface area (Å²) in [7, 11) is 3.93. The maximum Gasteiger partial charge on any atom is 0.271 e. The minimum absolute atomic E-state index is 0.0828. The molecule has 12 heteroatoms. The summed E-state index contributed by atoms with van der Waals surface area (Å²) < 4.78 is 40.9. The van der Waals surface area contributed by atoms with Crippen LogP contribution in [0.4, 0.5) is 5.69 Å². The van der Waals surface area contributed by atoms with E-state index in [1.807, 2.05) is 30.1 Å². The van der Waals surface area contributed by atoms with Crippen LogP contribution in [-0.4, -0.2) is 89.4 Å². The molecule has 2 heterocycles. The Morgan fingerprint density at radius 1 is 1.00 bits per heavy atom. The van der Waals surface area contributed by atoms with Gasteiger partial charge in [-0.3, -0.25) is 14.5 Å². The lowest BCUT2D eigenvalue weighted by Crippen LogP contribution is -2.59. The number of sulfonamides is 1. The van der Waals surface area contributed by atoms with Crippen molar-refractivity contribution in [3.63, 3.8) is 0 Å². The second kappa shape index (κ2) is 12.6. The lowest BCUT2D eigenvalue weighted by Gasteiger charge is -2.42. The van der Waals surface area contributed by atoms with E-state index in [0.717, 1.165) is 16.4 Å². The zero-order valence-corrected chi connectivity index (χ0v) is 28.0. The Hall–Kier alpha value is -3.64. The number of likely N-dealkylation sites (N-methyl/N-ethyl adjacent to an activating group) is 1. The summed E-state index contributed by atoms with van der Waals surface area (Å²) in [6.45, 7) is 3.89. The average molecular weight is 655 g/mol. The van der Waals surface area contributed by atoms with Crippen molar-refractivity contribution >= 4 is 39.1 Å². The Kier molecular flexibility index (Phi) is 9.19. The molecule has 1 saturated heterocycles. The number of carbonyl (C=O) groups excluding carboxylic acids is 2. The van der Waals surface area contributed by atoms with Crippen molar-refractivity contribution in [2.75, 3.05) is 52.8 Å². The highest BCUT2D eigenvalue weighted by Gasteiger charge is 2.63. The highest BCUT2D eigenvalue weighted by molar-refractivity contribution is 7.93. The van der Waals surface area contributed by atoms with Gasteiger partial charge in [0.1, 0.15) is 11.5 Å². The maximum atomic E-state index is 15.3. The SMILES string of the molecule is CCN(C)Cc1ccc(C2(N3CCC[C@H]3C(=O)N(C)C)C(=O)N(S(=O)(=O)c3ccc(OC)cc3)c3ccc(Cl)cc32)c(OC)c1. The summed E-state index contributed by atoms with van der Waals surface area (Å²) in [6.07, 6.45) is 1.12. The molecule has 5 rings (SSSR count). The van der Waals surface area contributed by atoms with Gasteiger partial charge in [0.2, 0.25) is 5.91 Å². The van der Waals surface area contributed by atoms with Crippen LogP contribution in [0.15, 0.2) is 65.6 Å². The number of rotatable bonds is 10. The highest BCUT2D eigenvalue weighted by Crippen LogP contribution is 2.55. The molecule has 0 N–H and O–H groups in total. The van der Waals surface area contributed by atoms with Crippen molar-refractivity contribution in [2.45, 2.75) is 42.8 Å². The first-order chi connectivity index (χ1) is 21.4. The van der Waals surface area contributed by atoms with E-state index >= 15 is 4.79 Å². The van der Waals surface area contributed by atoms with Gasteiger partial charge < -0.3 is 19.3 Å². The van der Waals surface area contributed by atoms with Crippen molar-refractivity contribution in [3.05, 3.63) is 82.4 Å². The van der Waals surface area contributed by atoms with Gasteiger partial charge >= 0.3 is 0 Å². The topological polar surface area (TPSA) is 99.7 Å². The molecule has 2 aliphatic rings. The summed E-state index contributed by atoms with van der Waals surface area (Å²) in [5.74, 6) is -0.0301. The van der Waals surface area contributed by atoms with Gasteiger partial charge in [0, 0.05) is 43.3 Å². The van der Waals surface area contributed by atoms with E-state index in [1.165, 1.54) is 43.4 Å². The molecular weight excluding hydrogens is 616 g/mol. The van der Waals surface area contributed by atoms with Crippen molar-refractivity contribution in [3.8, 4) is 11.5 Å². The fraction of sp³-hybridized carbons (Fsp3) is 0.394. The number of anilines is 1. The quantitative estimate of drug-likeness (QED) is 0.319. The minimum Gasteiger partial charge on any atom is -0.497 e. The van der Waals surface area contributed by atoms with Crippen LogP contribution in [0, 0.1) is 0 Å². The number of halogens is 1. The number of carbonyl (C=O) groups is 2. The van der Waals surface area contributed by atoms with E-state index in [1.54, 1.807) is 32.3 Å². The number of hydrogen-bond acceptors (Lipinski definition) is 8. The van der Waals surface area contributed by atoms with Gasteiger partial charge in [-0.05, 0) is 80.5 Å². The monoisotopic (exact) mass is 654 g/mol. The van der Waals surface area contributed by atoms with Gasteiger partial charge in [0.25, 0.3) is 15.9 Å². The summed E-state index contributed by atoms with van der Waals surface area (Å²) in [6, 6.07) is 15.5. The maximum absolute atomic E-state index is 15.3. The predicted octanol–water partition coefficient (Wildman–Crippen LogP) is 4.34. The molecule has 0 bridgehead atoms. The third kappa shape index (κ3) is 5.45. The number of ether oxygens (including phenoxy) is 2. The lowest BCUT2D eigenvalue weighted by molar-refractivity contribution is -0.138. The van der Waals surface area contributed by atoms with E-state index in [9.17, 15) is 13.2 Å². The lowest BCUT2D eigenvalue weighted by atomic mass is 9.80. The van der Waals surface area contributed by atoms with Gasteiger partial charge in [-0.2, -0.15) is 0 Å². The first kappa shape index (κ1) is 32.7. The van der Waals surface area contributed by atoms with E-state index < -0.39 is 27.5 Å². The van der Waals surface area contributed by atoms with Crippen LogP contribution in [0.1, 0.15) is 36.5 Å². The van der Waals surface area contributed by atoms with Crippen molar-refractivity contribution in [1.29, 1.82) is 0 Å². The van der Waals surface area contributed by atoms with E-state index in [2.05, 4.69) is 11.8 Å². The zero-order chi connectivity index (χ0) is 32.7. The molecular formula is C33H39ClN4O6S. The molecule has 0 spiro atoms. The normalized spacial score (nSPS) is 20.0. The smallest absolute Gasteiger partial charge is 0.271 e. The first-order valence-electron chi connectivity index (χ1n) is 14.8. The molecule has 3 aromatic rings. The average Bonchev–Trinajstić information content (AvgIpc) is 3.61. The molecule has 1 unspecified atom stereocenters. The number of hydrogen-bond donors (Lipinski definition) is 0. The number of fused-ring (bicyclic) bond motifs is 1. The summed E-state index contributed by atoms with van der Waals surface area (Å²) >= 11 is 6.60. The van der Waals surface area contributed by atoms with Crippen LogP contribution >= 0.6 is 11.6 Å². The predicted molar refractivity (Wildman–Crippen MR) is 173 cm³/mol. The number of benzene rings is 3. The Labute approximate surface area is 270 Å². The Bertz CT molecular complexity index is 1710. The molecule has 0 radical (unpaired) electrons. The third-order valence-corrected chi connectivity index (χ3v) is 10.7. The second-order valence-electron chi connectivity index (χ2n) is 11.6. The summed E-state index contributed by atoms with van der Waals surface area (Å²) in [5.41, 5.74) is 0.184. The van der Waals surface area contributed by atoms with Crippen LogP contribution in [0.3, 0.4) is 0 Å². The number of amides is 2. The molecule has 3 aromatic carbocycles. The highest BCUT2D eigenvalue weighted by atomic mass is 35.5. The number of methoxy groups -OCH3 is 2. The van der Waals surface area contributed by atoms with Gasteiger partial charge in [-0.15, -0.1) is 0 Å². The molecule has 45 heavy (non-hydrogen) atoms. The van der Waals surface area contributed by atoms with Crippen LogP contribution in [0.5, 0.6) is 11.5 Å². The van der Waals surface area contributed by atoms with Gasteiger partial charge in [-0.25, -0.2) is 12.7 Å². The molecule has 0 saturated carbocycles. The van der Waals surface area contributed by atoms with Crippen LogP contribution in [-0.2, 0) is 31.7 Å². The second-order valence-corrected chi connectivity index (χ2v) is 13.8. The standard InChI is InChI=1S/C33H39ClN4O6S/c1-7-36(4)21-22-10-16-26(30(19-22)44-6)33(37-18-8-9-29(37)31(39)35(2)3)27-20-23(34)11-17-28(27)38(32(33)40)45(41,42)25-14-12-24(43-5)13-15-25/h10-17,19-20,29H,7-9,18,21H2,1-6H3/t29-,33?/m0/s1. The molecule has 10 nitrogen and oxygen atoms in total. The van der Waals surface area contributed by atoms with E-state index in [-0.39, 0.29) is 16.5 Å².